The monoisotopic (exact) mass is 559 g/mol. The Balaban J connectivity index is 1.13. The summed E-state index contributed by atoms with van der Waals surface area (Å²) in [5.41, 5.74) is 6.25. The van der Waals surface area contributed by atoms with E-state index in [9.17, 15) is 9.59 Å². The van der Waals surface area contributed by atoms with Crippen molar-refractivity contribution in [2.75, 3.05) is 37.6 Å². The minimum Gasteiger partial charge on any atom is -0.352 e. The van der Waals surface area contributed by atoms with Gasteiger partial charge in [0.1, 0.15) is 11.5 Å². The number of rotatable bonds is 7. The summed E-state index contributed by atoms with van der Waals surface area (Å²) in [6.07, 6.45) is 7.34. The average molecular weight is 560 g/mol. The number of anilines is 1. The summed E-state index contributed by atoms with van der Waals surface area (Å²) in [5, 5.41) is 3.87. The van der Waals surface area contributed by atoms with Crippen molar-refractivity contribution < 1.29 is 9.59 Å². The number of aryl methyl sites for hydroxylation is 2. The van der Waals surface area contributed by atoms with Crippen molar-refractivity contribution in [3.8, 4) is 11.3 Å². The number of nitrogens with one attached hydrogen (secondary N) is 1. The Bertz CT molecular complexity index is 1710. The normalized spacial score (nSPS) is 13.4. The molecule has 2 aromatic carbocycles. The van der Waals surface area contributed by atoms with Gasteiger partial charge in [-0.25, -0.2) is 9.97 Å². The Morgan fingerprint density at radius 1 is 0.905 bits per heavy atom. The predicted molar refractivity (Wildman–Crippen MR) is 164 cm³/mol. The Labute approximate surface area is 244 Å². The zero-order valence-electron chi connectivity index (χ0n) is 23.8. The van der Waals surface area contributed by atoms with Crippen LogP contribution in [0, 0.1) is 6.92 Å². The molecule has 5 aromatic rings. The van der Waals surface area contributed by atoms with Crippen LogP contribution in [0.5, 0.6) is 0 Å². The third-order valence-corrected chi connectivity index (χ3v) is 7.83. The zero-order valence-corrected chi connectivity index (χ0v) is 23.8. The molecule has 6 rings (SSSR count). The Morgan fingerprint density at radius 3 is 2.38 bits per heavy atom. The highest BCUT2D eigenvalue weighted by molar-refractivity contribution is 6.13. The minimum atomic E-state index is -0.252. The van der Waals surface area contributed by atoms with E-state index >= 15 is 0 Å². The zero-order chi connectivity index (χ0) is 29.1. The molecule has 1 aliphatic heterocycles. The summed E-state index contributed by atoms with van der Waals surface area (Å²) in [6.45, 7) is 4.94. The molecule has 212 valence electrons. The number of nitrogens with zero attached hydrogens (tertiary/aromatic N) is 6. The van der Waals surface area contributed by atoms with Gasteiger partial charge in [0, 0.05) is 63.1 Å². The maximum absolute atomic E-state index is 14.1. The Morgan fingerprint density at radius 2 is 1.67 bits per heavy atom. The van der Waals surface area contributed by atoms with E-state index in [1.807, 2.05) is 42.3 Å². The topological polar surface area (TPSA) is 96.2 Å². The second kappa shape index (κ2) is 11.8. The van der Waals surface area contributed by atoms with Crippen molar-refractivity contribution >= 4 is 28.5 Å². The minimum absolute atomic E-state index is 0.0366. The molecular formula is C33H33N7O2. The average Bonchev–Trinajstić information content (AvgIpc) is 3.32. The van der Waals surface area contributed by atoms with Gasteiger partial charge in [-0.15, -0.1) is 0 Å². The predicted octanol–water partition coefficient (Wildman–Crippen LogP) is 4.27. The van der Waals surface area contributed by atoms with Crippen LogP contribution >= 0.6 is 0 Å². The highest BCUT2D eigenvalue weighted by Crippen LogP contribution is 2.35. The molecule has 0 bridgehead atoms. The molecule has 0 spiro atoms. The third kappa shape index (κ3) is 5.45. The van der Waals surface area contributed by atoms with Crippen LogP contribution in [0.25, 0.3) is 22.2 Å². The first kappa shape index (κ1) is 27.1. The summed E-state index contributed by atoms with van der Waals surface area (Å²) >= 11 is 0. The van der Waals surface area contributed by atoms with Gasteiger partial charge in [-0.05, 0) is 48.7 Å². The molecule has 1 fully saturated rings. The number of benzene rings is 2. The molecule has 0 aliphatic carbocycles. The molecule has 3 aromatic heterocycles. The summed E-state index contributed by atoms with van der Waals surface area (Å²) < 4.78 is 2.13. The number of amides is 2. The van der Waals surface area contributed by atoms with Gasteiger partial charge in [0.15, 0.2) is 0 Å². The lowest BCUT2D eigenvalue weighted by Gasteiger charge is -2.35. The van der Waals surface area contributed by atoms with Gasteiger partial charge >= 0.3 is 0 Å². The van der Waals surface area contributed by atoms with Gasteiger partial charge in [-0.2, -0.15) is 0 Å². The fraction of sp³-hybridized carbons (Fsp3) is 0.242. The highest BCUT2D eigenvalue weighted by atomic mass is 16.2. The van der Waals surface area contributed by atoms with E-state index in [4.69, 9.17) is 0 Å². The standard InChI is InChI=1S/C33H33N7O2/c1-23-8-9-28-26(20-23)30(31(38(28)2)25-6-4-3-5-7-25)33(42)40-18-16-39(17-19-40)29-22-36-27(21-37-29)32(41)35-15-12-24-10-13-34-14-11-24/h3-11,13-14,20-22H,12,15-19H2,1-2H3,(H,35,41). The molecule has 2 amide bonds. The van der Waals surface area contributed by atoms with E-state index < -0.39 is 0 Å². The molecule has 1 aliphatic rings. The van der Waals surface area contributed by atoms with Crippen LogP contribution in [0.3, 0.4) is 0 Å². The van der Waals surface area contributed by atoms with Gasteiger partial charge in [0.25, 0.3) is 11.8 Å². The molecule has 1 saturated heterocycles. The number of piperazine rings is 1. The molecule has 0 atom stereocenters. The van der Waals surface area contributed by atoms with Crippen LogP contribution in [0.1, 0.15) is 32.0 Å². The van der Waals surface area contributed by atoms with E-state index in [1.165, 1.54) is 6.20 Å². The molecule has 0 saturated carbocycles. The second-order valence-corrected chi connectivity index (χ2v) is 10.6. The maximum Gasteiger partial charge on any atom is 0.271 e. The highest BCUT2D eigenvalue weighted by Gasteiger charge is 2.29. The SMILES string of the molecule is Cc1ccc2c(c1)c(C(=O)N1CCN(c3cnc(C(=O)NCCc4ccncc4)cn3)CC1)c(-c1ccccc1)n2C. The van der Waals surface area contributed by atoms with Crippen LogP contribution in [0.4, 0.5) is 5.82 Å². The molecular weight excluding hydrogens is 526 g/mol. The van der Waals surface area contributed by atoms with Crippen LogP contribution < -0.4 is 10.2 Å². The molecule has 9 nitrogen and oxygen atoms in total. The summed E-state index contributed by atoms with van der Waals surface area (Å²) in [6, 6.07) is 20.3. The third-order valence-electron chi connectivity index (χ3n) is 7.83. The Kier molecular flexibility index (Phi) is 7.64. The van der Waals surface area contributed by atoms with E-state index in [1.54, 1.807) is 18.6 Å². The van der Waals surface area contributed by atoms with Crippen molar-refractivity contribution in [1.82, 2.24) is 29.7 Å². The van der Waals surface area contributed by atoms with E-state index in [2.05, 4.69) is 67.0 Å². The lowest BCUT2D eigenvalue weighted by Crippen LogP contribution is -2.49. The van der Waals surface area contributed by atoms with Crippen molar-refractivity contribution in [3.63, 3.8) is 0 Å². The summed E-state index contributed by atoms with van der Waals surface area (Å²) in [5.74, 6) is 0.480. The maximum atomic E-state index is 14.1. The lowest BCUT2D eigenvalue weighted by molar-refractivity contribution is 0.0748. The summed E-state index contributed by atoms with van der Waals surface area (Å²) in [7, 11) is 2.03. The fourth-order valence-corrected chi connectivity index (χ4v) is 5.57. The van der Waals surface area contributed by atoms with Crippen LogP contribution in [-0.4, -0.2) is 69.0 Å². The number of hydrogen-bond donors (Lipinski definition) is 1. The van der Waals surface area contributed by atoms with Crippen molar-refractivity contribution in [3.05, 3.63) is 108 Å². The second-order valence-electron chi connectivity index (χ2n) is 10.6. The Hall–Kier alpha value is -5.05. The molecule has 1 N–H and O–H groups in total. The number of aromatic nitrogens is 4. The number of fused-ring (bicyclic) bond motifs is 1. The molecule has 0 unspecified atom stereocenters. The lowest BCUT2D eigenvalue weighted by atomic mass is 10.0. The van der Waals surface area contributed by atoms with Crippen LogP contribution in [-0.2, 0) is 13.5 Å². The number of hydrogen-bond acceptors (Lipinski definition) is 6. The van der Waals surface area contributed by atoms with Gasteiger partial charge in [0.05, 0.1) is 23.7 Å². The molecule has 4 heterocycles. The largest absolute Gasteiger partial charge is 0.352 e. The fourth-order valence-electron chi connectivity index (χ4n) is 5.57. The van der Waals surface area contributed by atoms with Gasteiger partial charge in [-0.3, -0.25) is 14.6 Å². The van der Waals surface area contributed by atoms with Gasteiger partial charge in [-0.1, -0.05) is 42.0 Å². The number of carbonyl (C=O) groups excluding carboxylic acids is 2. The first-order valence-electron chi connectivity index (χ1n) is 14.2. The van der Waals surface area contributed by atoms with Crippen LogP contribution in [0.15, 0.2) is 85.5 Å². The molecule has 42 heavy (non-hydrogen) atoms. The number of carbonyl (C=O) groups is 2. The summed E-state index contributed by atoms with van der Waals surface area (Å²) in [4.78, 5) is 43.5. The van der Waals surface area contributed by atoms with Crippen molar-refractivity contribution in [1.29, 1.82) is 0 Å². The smallest absolute Gasteiger partial charge is 0.271 e. The van der Waals surface area contributed by atoms with Gasteiger partial charge in [0.2, 0.25) is 0 Å². The van der Waals surface area contributed by atoms with Crippen LogP contribution in [0.2, 0.25) is 0 Å². The number of pyridine rings is 1. The van der Waals surface area contributed by atoms with E-state index in [-0.39, 0.29) is 17.5 Å². The van der Waals surface area contributed by atoms with Crippen molar-refractivity contribution in [2.45, 2.75) is 13.3 Å². The van der Waals surface area contributed by atoms with E-state index in [0.717, 1.165) is 38.9 Å². The molecule has 0 radical (unpaired) electrons. The first-order valence-corrected chi connectivity index (χ1v) is 14.2. The van der Waals surface area contributed by atoms with Crippen molar-refractivity contribution in [2.24, 2.45) is 7.05 Å². The van der Waals surface area contributed by atoms with E-state index in [0.29, 0.717) is 45.0 Å². The quantitative estimate of drug-likeness (QED) is 0.320. The van der Waals surface area contributed by atoms with Gasteiger partial charge < -0.3 is 19.7 Å². The molecule has 9 heteroatoms. The first-order chi connectivity index (χ1) is 20.5.